The Balaban J connectivity index is 1.83. The molecule has 4 heteroatoms. The van der Waals surface area contributed by atoms with Crippen LogP contribution in [0.5, 0.6) is 0 Å². The van der Waals surface area contributed by atoms with Crippen LogP contribution in [0.3, 0.4) is 0 Å². The van der Waals surface area contributed by atoms with Crippen LogP contribution in [-0.2, 0) is 11.2 Å². The molecule has 0 aliphatic carbocycles. The van der Waals surface area contributed by atoms with Gasteiger partial charge in [-0.1, -0.05) is 0 Å². The first-order valence-corrected chi connectivity index (χ1v) is 6.27. The number of hydrogen-bond acceptors (Lipinski definition) is 4. The van der Waals surface area contributed by atoms with Crippen LogP contribution in [0.2, 0.25) is 0 Å². The molecule has 1 aliphatic heterocycles. The lowest BCUT2D eigenvalue weighted by atomic mass is 9.99. The molecule has 1 aliphatic rings. The molecule has 2 heterocycles. The standard InChI is InChI=1S/C13H21N3O/c14-10-13(9-12-1-3-15-4-2-12)11-16-5-7-17-8-6-16/h1-4,13H,5-11,14H2. The van der Waals surface area contributed by atoms with Gasteiger partial charge < -0.3 is 10.5 Å². The predicted molar refractivity (Wildman–Crippen MR) is 67.7 cm³/mol. The van der Waals surface area contributed by atoms with Crippen LogP contribution in [0.1, 0.15) is 5.56 Å². The Morgan fingerprint density at radius 2 is 2.00 bits per heavy atom. The Labute approximate surface area is 103 Å². The van der Waals surface area contributed by atoms with E-state index in [4.69, 9.17) is 10.5 Å². The molecule has 1 aromatic heterocycles. The number of nitrogens with two attached hydrogens (primary N) is 1. The van der Waals surface area contributed by atoms with Crippen molar-refractivity contribution in [3.8, 4) is 0 Å². The van der Waals surface area contributed by atoms with E-state index in [0.717, 1.165) is 45.8 Å². The van der Waals surface area contributed by atoms with Gasteiger partial charge in [-0.3, -0.25) is 9.88 Å². The molecule has 0 radical (unpaired) electrons. The molecule has 0 amide bonds. The van der Waals surface area contributed by atoms with Crippen LogP contribution >= 0.6 is 0 Å². The third-order valence-corrected chi connectivity index (χ3v) is 3.23. The second kappa shape index (κ2) is 6.69. The first-order chi connectivity index (χ1) is 8.38. The number of hydrogen-bond donors (Lipinski definition) is 1. The van der Waals surface area contributed by atoms with E-state index >= 15 is 0 Å². The first-order valence-electron chi connectivity index (χ1n) is 6.27. The summed E-state index contributed by atoms with van der Waals surface area (Å²) in [6.45, 7) is 5.58. The highest BCUT2D eigenvalue weighted by atomic mass is 16.5. The smallest absolute Gasteiger partial charge is 0.0594 e. The van der Waals surface area contributed by atoms with E-state index < -0.39 is 0 Å². The normalized spacial score (nSPS) is 19.1. The van der Waals surface area contributed by atoms with E-state index in [2.05, 4.69) is 22.0 Å². The van der Waals surface area contributed by atoms with E-state index in [1.54, 1.807) is 0 Å². The second-order valence-electron chi connectivity index (χ2n) is 4.57. The van der Waals surface area contributed by atoms with Gasteiger partial charge in [0.15, 0.2) is 0 Å². The minimum absolute atomic E-state index is 0.524. The molecule has 1 saturated heterocycles. The third-order valence-electron chi connectivity index (χ3n) is 3.23. The SMILES string of the molecule is NCC(Cc1ccncc1)CN1CCOCC1. The Hall–Kier alpha value is -0.970. The monoisotopic (exact) mass is 235 g/mol. The molecule has 94 valence electrons. The summed E-state index contributed by atoms with van der Waals surface area (Å²) in [6, 6.07) is 4.14. The van der Waals surface area contributed by atoms with Crippen molar-refractivity contribution < 1.29 is 4.74 Å². The van der Waals surface area contributed by atoms with E-state index in [1.807, 2.05) is 12.4 Å². The number of aromatic nitrogens is 1. The molecular formula is C13H21N3O. The van der Waals surface area contributed by atoms with Gasteiger partial charge >= 0.3 is 0 Å². The lowest BCUT2D eigenvalue weighted by Gasteiger charge is -2.30. The van der Waals surface area contributed by atoms with Crippen LogP contribution in [0, 0.1) is 5.92 Å². The highest BCUT2D eigenvalue weighted by Gasteiger charge is 2.16. The molecule has 1 fully saturated rings. The summed E-state index contributed by atoms with van der Waals surface area (Å²) < 4.78 is 5.35. The number of rotatable bonds is 5. The van der Waals surface area contributed by atoms with Crippen molar-refractivity contribution in [3.05, 3.63) is 30.1 Å². The summed E-state index contributed by atoms with van der Waals surface area (Å²) in [5.74, 6) is 0.524. The van der Waals surface area contributed by atoms with Crippen molar-refractivity contribution >= 4 is 0 Å². The van der Waals surface area contributed by atoms with Gasteiger partial charge in [-0.05, 0) is 36.6 Å². The van der Waals surface area contributed by atoms with E-state index in [-0.39, 0.29) is 0 Å². The number of nitrogens with zero attached hydrogens (tertiary/aromatic N) is 2. The van der Waals surface area contributed by atoms with Gasteiger partial charge in [0.05, 0.1) is 13.2 Å². The molecule has 2 N–H and O–H groups in total. The minimum atomic E-state index is 0.524. The fourth-order valence-electron chi connectivity index (χ4n) is 2.22. The predicted octanol–water partition coefficient (Wildman–Crippen LogP) is 0.531. The number of morpholine rings is 1. The zero-order chi connectivity index (χ0) is 11.9. The summed E-state index contributed by atoms with van der Waals surface area (Å²) in [7, 11) is 0. The van der Waals surface area contributed by atoms with Gasteiger partial charge in [0.25, 0.3) is 0 Å². The fraction of sp³-hybridized carbons (Fsp3) is 0.615. The maximum Gasteiger partial charge on any atom is 0.0594 e. The highest BCUT2D eigenvalue weighted by molar-refractivity contribution is 5.10. The van der Waals surface area contributed by atoms with Crippen molar-refractivity contribution in [1.82, 2.24) is 9.88 Å². The fourth-order valence-corrected chi connectivity index (χ4v) is 2.22. The molecule has 0 bridgehead atoms. The van der Waals surface area contributed by atoms with Crippen LogP contribution in [-0.4, -0.2) is 49.3 Å². The van der Waals surface area contributed by atoms with Crippen LogP contribution in [0.4, 0.5) is 0 Å². The maximum atomic E-state index is 5.86. The van der Waals surface area contributed by atoms with Crippen LogP contribution < -0.4 is 5.73 Å². The summed E-state index contributed by atoms with van der Waals surface area (Å²) in [5.41, 5.74) is 7.19. The van der Waals surface area contributed by atoms with Gasteiger partial charge in [-0.25, -0.2) is 0 Å². The summed E-state index contributed by atoms with van der Waals surface area (Å²) in [6.07, 6.45) is 4.73. The van der Waals surface area contributed by atoms with Gasteiger partial charge in [-0.15, -0.1) is 0 Å². The average Bonchev–Trinajstić information content (AvgIpc) is 2.40. The molecule has 0 spiro atoms. The summed E-state index contributed by atoms with van der Waals surface area (Å²) in [5, 5.41) is 0. The van der Waals surface area contributed by atoms with Crippen molar-refractivity contribution in [2.75, 3.05) is 39.4 Å². The van der Waals surface area contributed by atoms with E-state index in [9.17, 15) is 0 Å². The lowest BCUT2D eigenvalue weighted by molar-refractivity contribution is 0.0312. The van der Waals surface area contributed by atoms with Gasteiger partial charge in [-0.2, -0.15) is 0 Å². The van der Waals surface area contributed by atoms with Crippen molar-refractivity contribution in [2.24, 2.45) is 11.7 Å². The van der Waals surface area contributed by atoms with Crippen molar-refractivity contribution in [3.63, 3.8) is 0 Å². The third kappa shape index (κ3) is 4.07. The quantitative estimate of drug-likeness (QED) is 0.809. The van der Waals surface area contributed by atoms with Crippen LogP contribution in [0.15, 0.2) is 24.5 Å². The summed E-state index contributed by atoms with van der Waals surface area (Å²) in [4.78, 5) is 6.48. The maximum absolute atomic E-state index is 5.86. The highest BCUT2D eigenvalue weighted by Crippen LogP contribution is 2.10. The molecule has 1 unspecified atom stereocenters. The van der Waals surface area contributed by atoms with Crippen molar-refractivity contribution in [1.29, 1.82) is 0 Å². The molecule has 2 rings (SSSR count). The molecule has 1 aromatic rings. The number of ether oxygens (including phenoxy) is 1. The molecule has 17 heavy (non-hydrogen) atoms. The molecular weight excluding hydrogens is 214 g/mol. The molecule has 4 nitrogen and oxygen atoms in total. The zero-order valence-corrected chi connectivity index (χ0v) is 10.2. The van der Waals surface area contributed by atoms with Crippen molar-refractivity contribution in [2.45, 2.75) is 6.42 Å². The second-order valence-corrected chi connectivity index (χ2v) is 4.57. The average molecular weight is 235 g/mol. The minimum Gasteiger partial charge on any atom is -0.379 e. The van der Waals surface area contributed by atoms with Gasteiger partial charge in [0, 0.05) is 32.0 Å². The Morgan fingerprint density at radius 3 is 2.65 bits per heavy atom. The lowest BCUT2D eigenvalue weighted by Crippen LogP contribution is -2.41. The van der Waals surface area contributed by atoms with Crippen LogP contribution in [0.25, 0.3) is 0 Å². The van der Waals surface area contributed by atoms with E-state index in [0.29, 0.717) is 5.92 Å². The molecule has 0 aromatic carbocycles. The Kier molecular flexibility index (Phi) is 4.91. The zero-order valence-electron chi connectivity index (χ0n) is 10.2. The number of pyridine rings is 1. The molecule has 0 saturated carbocycles. The topological polar surface area (TPSA) is 51.4 Å². The first kappa shape index (κ1) is 12.5. The molecule has 1 atom stereocenters. The summed E-state index contributed by atoms with van der Waals surface area (Å²) >= 11 is 0. The van der Waals surface area contributed by atoms with Gasteiger partial charge in [0.1, 0.15) is 0 Å². The Morgan fingerprint density at radius 1 is 1.29 bits per heavy atom. The van der Waals surface area contributed by atoms with Gasteiger partial charge in [0.2, 0.25) is 0 Å². The van der Waals surface area contributed by atoms with E-state index in [1.165, 1.54) is 5.56 Å². The largest absolute Gasteiger partial charge is 0.379 e. The Bertz CT molecular complexity index is 312.